The van der Waals surface area contributed by atoms with Gasteiger partial charge in [0.05, 0.1) is 5.02 Å². The standard InChI is InChI=1S/C8H5ClFNOS/c9-4-1-3-6(2-5(4)10)11-8(12)7(3)13/h1-2,7,13H,(H,11,12). The second-order valence-electron chi connectivity index (χ2n) is 2.75. The van der Waals surface area contributed by atoms with Crippen molar-refractivity contribution < 1.29 is 9.18 Å². The third kappa shape index (κ3) is 1.30. The summed E-state index contributed by atoms with van der Waals surface area (Å²) >= 11 is 9.61. The van der Waals surface area contributed by atoms with Gasteiger partial charge in [0, 0.05) is 5.69 Å². The first kappa shape index (κ1) is 8.84. The zero-order chi connectivity index (χ0) is 9.59. The van der Waals surface area contributed by atoms with Gasteiger partial charge < -0.3 is 5.32 Å². The summed E-state index contributed by atoms with van der Waals surface area (Å²) < 4.78 is 12.9. The molecule has 2 rings (SSSR count). The molecular formula is C8H5ClFNOS. The number of thiol groups is 1. The third-order valence-electron chi connectivity index (χ3n) is 1.89. The van der Waals surface area contributed by atoms with E-state index in [1.807, 2.05) is 0 Å². The Bertz CT molecular complexity index is 396. The molecule has 1 atom stereocenters. The molecule has 0 saturated carbocycles. The quantitative estimate of drug-likeness (QED) is 0.642. The number of carbonyl (C=O) groups excluding carboxylic acids is 1. The highest BCUT2D eigenvalue weighted by atomic mass is 35.5. The van der Waals surface area contributed by atoms with Crippen LogP contribution in [0.25, 0.3) is 0 Å². The summed E-state index contributed by atoms with van der Waals surface area (Å²) in [7, 11) is 0. The Kier molecular flexibility index (Phi) is 1.96. The average molecular weight is 218 g/mol. The van der Waals surface area contributed by atoms with Crippen molar-refractivity contribution in [2.75, 3.05) is 5.32 Å². The second kappa shape index (κ2) is 2.89. The van der Waals surface area contributed by atoms with Gasteiger partial charge in [-0.15, -0.1) is 0 Å². The van der Waals surface area contributed by atoms with Crippen LogP contribution in [0.15, 0.2) is 12.1 Å². The van der Waals surface area contributed by atoms with Gasteiger partial charge in [-0.1, -0.05) is 11.6 Å². The number of anilines is 1. The Morgan fingerprint density at radius 3 is 2.92 bits per heavy atom. The number of halogens is 2. The number of nitrogens with one attached hydrogen (secondary N) is 1. The fourth-order valence-electron chi connectivity index (χ4n) is 1.24. The minimum absolute atomic E-state index is 0.00861. The van der Waals surface area contributed by atoms with Crippen molar-refractivity contribution in [2.45, 2.75) is 5.25 Å². The van der Waals surface area contributed by atoms with Gasteiger partial charge >= 0.3 is 0 Å². The molecule has 2 nitrogen and oxygen atoms in total. The molecule has 0 spiro atoms. The molecule has 0 radical (unpaired) electrons. The Morgan fingerprint density at radius 1 is 1.54 bits per heavy atom. The van der Waals surface area contributed by atoms with Crippen molar-refractivity contribution >= 4 is 35.8 Å². The molecule has 0 fully saturated rings. The van der Waals surface area contributed by atoms with Crippen LogP contribution >= 0.6 is 24.2 Å². The Labute approximate surface area is 84.5 Å². The molecule has 1 amide bonds. The largest absolute Gasteiger partial charge is 0.324 e. The molecule has 1 aliphatic heterocycles. The van der Waals surface area contributed by atoms with Crippen LogP contribution in [0.1, 0.15) is 10.8 Å². The van der Waals surface area contributed by atoms with Crippen molar-refractivity contribution in [3.05, 3.63) is 28.5 Å². The van der Waals surface area contributed by atoms with Gasteiger partial charge in [0.2, 0.25) is 5.91 Å². The zero-order valence-corrected chi connectivity index (χ0v) is 7.99. The zero-order valence-electron chi connectivity index (χ0n) is 6.34. The lowest BCUT2D eigenvalue weighted by molar-refractivity contribution is -0.115. The predicted molar refractivity (Wildman–Crippen MR) is 51.8 cm³/mol. The molecule has 1 heterocycles. The number of amides is 1. The Morgan fingerprint density at radius 2 is 2.23 bits per heavy atom. The van der Waals surface area contributed by atoms with Crippen molar-refractivity contribution in [1.29, 1.82) is 0 Å². The van der Waals surface area contributed by atoms with E-state index in [2.05, 4.69) is 17.9 Å². The van der Waals surface area contributed by atoms with E-state index in [1.54, 1.807) is 0 Å². The lowest BCUT2D eigenvalue weighted by atomic mass is 10.1. The summed E-state index contributed by atoms with van der Waals surface area (Å²) in [4.78, 5) is 11.1. The minimum Gasteiger partial charge on any atom is -0.324 e. The van der Waals surface area contributed by atoms with E-state index in [0.717, 1.165) is 0 Å². The molecule has 0 saturated heterocycles. The predicted octanol–water partition coefficient (Wildman–Crippen LogP) is 2.40. The van der Waals surface area contributed by atoms with Crippen LogP contribution in [0.2, 0.25) is 5.02 Å². The molecule has 1 unspecified atom stereocenters. The van der Waals surface area contributed by atoms with Crippen molar-refractivity contribution in [3.8, 4) is 0 Å². The fraction of sp³-hybridized carbons (Fsp3) is 0.125. The van der Waals surface area contributed by atoms with Gasteiger partial charge in [0.15, 0.2) is 0 Å². The van der Waals surface area contributed by atoms with Gasteiger partial charge in [-0.3, -0.25) is 4.79 Å². The average Bonchev–Trinajstić information content (AvgIpc) is 2.32. The van der Waals surface area contributed by atoms with E-state index < -0.39 is 11.1 Å². The maximum atomic E-state index is 12.9. The number of rotatable bonds is 0. The summed E-state index contributed by atoms with van der Waals surface area (Å²) in [6.45, 7) is 0. The summed E-state index contributed by atoms with van der Waals surface area (Å²) in [6, 6.07) is 2.62. The van der Waals surface area contributed by atoms with E-state index in [9.17, 15) is 9.18 Å². The van der Waals surface area contributed by atoms with Crippen LogP contribution in [0.5, 0.6) is 0 Å². The monoisotopic (exact) mass is 217 g/mol. The highest BCUT2D eigenvalue weighted by molar-refractivity contribution is 7.81. The van der Waals surface area contributed by atoms with E-state index in [1.165, 1.54) is 12.1 Å². The summed E-state index contributed by atoms with van der Waals surface area (Å²) in [6.07, 6.45) is 0. The molecule has 1 aromatic rings. The van der Waals surface area contributed by atoms with Crippen LogP contribution in [0, 0.1) is 5.82 Å². The third-order valence-corrected chi connectivity index (χ3v) is 2.70. The molecule has 0 bridgehead atoms. The van der Waals surface area contributed by atoms with Crippen LogP contribution in [-0.4, -0.2) is 5.91 Å². The summed E-state index contributed by atoms with van der Waals surface area (Å²) in [5, 5.41) is 1.96. The molecule has 68 valence electrons. The van der Waals surface area contributed by atoms with Crippen molar-refractivity contribution in [1.82, 2.24) is 0 Å². The van der Waals surface area contributed by atoms with Gasteiger partial charge in [-0.05, 0) is 17.7 Å². The molecule has 0 aromatic heterocycles. The van der Waals surface area contributed by atoms with Gasteiger partial charge in [-0.2, -0.15) is 12.6 Å². The number of benzene rings is 1. The van der Waals surface area contributed by atoms with E-state index in [4.69, 9.17) is 11.6 Å². The molecular weight excluding hydrogens is 213 g/mol. The Hall–Kier alpha value is -0.740. The van der Waals surface area contributed by atoms with Gasteiger partial charge in [-0.25, -0.2) is 4.39 Å². The van der Waals surface area contributed by atoms with Crippen molar-refractivity contribution in [2.24, 2.45) is 0 Å². The summed E-state index contributed by atoms with van der Waals surface area (Å²) in [5.41, 5.74) is 1.08. The minimum atomic E-state index is -0.548. The first-order valence-corrected chi connectivity index (χ1v) is 4.47. The molecule has 0 aliphatic carbocycles. The topological polar surface area (TPSA) is 29.1 Å². The van der Waals surface area contributed by atoms with E-state index in [0.29, 0.717) is 11.3 Å². The highest BCUT2D eigenvalue weighted by Crippen LogP contribution is 2.37. The SMILES string of the molecule is O=C1Nc2cc(F)c(Cl)cc2C1S. The van der Waals surface area contributed by atoms with Gasteiger partial charge in [0.1, 0.15) is 11.1 Å². The molecule has 1 aromatic carbocycles. The first-order valence-electron chi connectivity index (χ1n) is 3.57. The number of carbonyl (C=O) groups is 1. The number of hydrogen-bond acceptors (Lipinski definition) is 2. The highest BCUT2D eigenvalue weighted by Gasteiger charge is 2.28. The normalized spacial score (nSPS) is 19.9. The number of hydrogen-bond donors (Lipinski definition) is 2. The van der Waals surface area contributed by atoms with Crippen LogP contribution in [0.4, 0.5) is 10.1 Å². The number of fused-ring (bicyclic) bond motifs is 1. The summed E-state index contributed by atoms with van der Waals surface area (Å²) in [5.74, 6) is -0.789. The van der Waals surface area contributed by atoms with Crippen LogP contribution < -0.4 is 5.32 Å². The first-order chi connectivity index (χ1) is 6.09. The van der Waals surface area contributed by atoms with E-state index in [-0.39, 0.29) is 10.9 Å². The van der Waals surface area contributed by atoms with Crippen LogP contribution in [0.3, 0.4) is 0 Å². The van der Waals surface area contributed by atoms with Crippen molar-refractivity contribution in [3.63, 3.8) is 0 Å². The van der Waals surface area contributed by atoms with Gasteiger partial charge in [0.25, 0.3) is 0 Å². The maximum Gasteiger partial charge on any atom is 0.241 e. The van der Waals surface area contributed by atoms with Crippen LogP contribution in [-0.2, 0) is 4.79 Å². The lowest BCUT2D eigenvalue weighted by Gasteiger charge is -2.01. The molecule has 5 heteroatoms. The fourth-order valence-corrected chi connectivity index (χ4v) is 1.69. The molecule has 13 heavy (non-hydrogen) atoms. The lowest BCUT2D eigenvalue weighted by Crippen LogP contribution is -2.06. The Balaban J connectivity index is 2.59. The molecule has 1 N–H and O–H groups in total. The maximum absolute atomic E-state index is 12.9. The molecule has 1 aliphatic rings. The second-order valence-corrected chi connectivity index (χ2v) is 3.67. The smallest absolute Gasteiger partial charge is 0.241 e. The van der Waals surface area contributed by atoms with E-state index >= 15 is 0 Å².